The molecule has 0 atom stereocenters. The van der Waals surface area contributed by atoms with Gasteiger partial charge in [-0.2, -0.15) is 9.31 Å². The van der Waals surface area contributed by atoms with Crippen molar-refractivity contribution >= 4 is 23.3 Å². The molecule has 1 rings (SSSR count). The molecule has 0 saturated heterocycles. The molecule has 16 heavy (non-hydrogen) atoms. The summed E-state index contributed by atoms with van der Waals surface area (Å²) in [6.07, 6.45) is 1.49. The van der Waals surface area contributed by atoms with E-state index in [-0.39, 0.29) is 23.3 Å². The quantitative estimate of drug-likeness (QED) is 0.453. The third-order valence-corrected chi connectivity index (χ3v) is 1.49. The molecule has 1 aromatic heterocycles. The van der Waals surface area contributed by atoms with Gasteiger partial charge in [0.25, 0.3) is 0 Å². The van der Waals surface area contributed by atoms with Crippen LogP contribution in [0.5, 0.6) is 0 Å². The molecule has 2 N–H and O–H groups in total. The first-order valence-corrected chi connectivity index (χ1v) is 5.03. The molecule has 0 aliphatic rings. The topological polar surface area (TPSA) is 108 Å². The van der Waals surface area contributed by atoms with Gasteiger partial charge in [-0.05, 0) is 13.0 Å². The second-order valence-corrected chi connectivity index (χ2v) is 2.74. The molecule has 7 nitrogen and oxygen atoms in total. The summed E-state index contributed by atoms with van der Waals surface area (Å²) in [5, 5.41) is 13.2. The second kappa shape index (κ2) is 8.48. The minimum atomic E-state index is -0.211. The van der Waals surface area contributed by atoms with Crippen molar-refractivity contribution in [2.45, 2.75) is 13.8 Å². The number of aromatic amines is 1. The summed E-state index contributed by atoms with van der Waals surface area (Å²) in [5.74, 6) is -0.296. The number of ether oxygens (including phenoxy) is 1. The van der Waals surface area contributed by atoms with Crippen LogP contribution in [-0.4, -0.2) is 32.8 Å². The molecule has 0 aromatic carbocycles. The van der Waals surface area contributed by atoms with Gasteiger partial charge in [-0.15, -0.1) is 4.36 Å². The van der Waals surface area contributed by atoms with Crippen molar-refractivity contribution < 1.29 is 13.7 Å². The van der Waals surface area contributed by atoms with E-state index in [1.165, 1.54) is 13.1 Å². The Morgan fingerprint density at radius 1 is 1.75 bits per heavy atom. The summed E-state index contributed by atoms with van der Waals surface area (Å²) in [7, 11) is 0. The molecule has 0 saturated carbocycles. The maximum atomic E-state index is 9.82. The maximum Gasteiger partial charge on any atom is 0.302 e. The second-order valence-electron chi connectivity index (χ2n) is 2.41. The molecule has 0 aliphatic heterocycles. The minimum Gasteiger partial charge on any atom is -0.466 e. The van der Waals surface area contributed by atoms with Crippen molar-refractivity contribution in [3.63, 3.8) is 0 Å². The Labute approximate surface area is 96.0 Å². The number of H-pyrrole nitrogens is 1. The Balaban J connectivity index is 0.000000325. The van der Waals surface area contributed by atoms with Crippen LogP contribution in [0.4, 0.5) is 0 Å². The number of nitrogens with one attached hydrogen (secondary N) is 2. The standard InChI is InChI=1S/C4H4N4OS.C4H8O2/c5-4(8-10-9)3-1-2-6-7-3;1-3-6-4(2)5/h1-2,5H,(H,6,7);3H2,1-2H3. The van der Waals surface area contributed by atoms with Gasteiger partial charge in [-0.1, -0.05) is 0 Å². The molecule has 88 valence electrons. The van der Waals surface area contributed by atoms with E-state index in [9.17, 15) is 9.00 Å². The number of esters is 1. The summed E-state index contributed by atoms with van der Waals surface area (Å²) in [6, 6.07) is 1.57. The van der Waals surface area contributed by atoms with Crippen LogP contribution < -0.4 is 0 Å². The average molecular weight is 244 g/mol. The molecule has 0 radical (unpaired) electrons. The first-order chi connectivity index (χ1) is 7.61. The summed E-state index contributed by atoms with van der Waals surface area (Å²) in [6.45, 7) is 3.65. The number of carbonyl (C=O) groups excluding carboxylic acids is 1. The van der Waals surface area contributed by atoms with E-state index >= 15 is 0 Å². The van der Waals surface area contributed by atoms with Crippen LogP contribution in [0.15, 0.2) is 16.6 Å². The Kier molecular flexibility index (Phi) is 7.51. The largest absolute Gasteiger partial charge is 0.466 e. The molecular weight excluding hydrogens is 232 g/mol. The third kappa shape index (κ3) is 6.60. The van der Waals surface area contributed by atoms with E-state index in [1.807, 2.05) is 0 Å². The zero-order valence-corrected chi connectivity index (χ0v) is 9.71. The van der Waals surface area contributed by atoms with Crippen LogP contribution in [-0.2, 0) is 21.0 Å². The number of rotatable bonds is 2. The first-order valence-electron chi connectivity index (χ1n) is 4.33. The van der Waals surface area contributed by atoms with Gasteiger partial charge in [0.15, 0.2) is 5.84 Å². The van der Waals surface area contributed by atoms with Gasteiger partial charge in [0.2, 0.25) is 11.5 Å². The number of hydrogen-bond donors (Lipinski definition) is 2. The average Bonchev–Trinajstić information content (AvgIpc) is 2.71. The lowest BCUT2D eigenvalue weighted by molar-refractivity contribution is -0.140. The van der Waals surface area contributed by atoms with Crippen molar-refractivity contribution in [3.05, 3.63) is 18.0 Å². The minimum absolute atomic E-state index is 0.0106. The van der Waals surface area contributed by atoms with E-state index in [1.54, 1.807) is 13.0 Å². The van der Waals surface area contributed by atoms with Gasteiger partial charge in [0.05, 0.1) is 6.61 Å². The highest BCUT2D eigenvalue weighted by Crippen LogP contribution is 1.92. The lowest BCUT2D eigenvalue weighted by atomic mass is 10.4. The molecule has 0 fully saturated rings. The fourth-order valence-electron chi connectivity index (χ4n) is 0.677. The normalized spacial score (nSPS) is 8.38. The first kappa shape index (κ1) is 14.2. The highest BCUT2D eigenvalue weighted by atomic mass is 32.1. The predicted molar refractivity (Wildman–Crippen MR) is 58.3 cm³/mol. The third-order valence-electron chi connectivity index (χ3n) is 1.23. The SMILES string of the molecule is CCOC(C)=O.N=C(N=S=O)c1ccn[nH]1. The van der Waals surface area contributed by atoms with E-state index in [4.69, 9.17) is 5.41 Å². The molecule has 0 spiro atoms. The number of amidine groups is 1. The molecule has 0 amide bonds. The summed E-state index contributed by atoms with van der Waals surface area (Å²) >= 11 is 0.0106. The van der Waals surface area contributed by atoms with Crippen molar-refractivity contribution in [1.29, 1.82) is 5.41 Å². The van der Waals surface area contributed by atoms with Crippen LogP contribution in [0, 0.1) is 5.41 Å². The maximum absolute atomic E-state index is 9.82. The van der Waals surface area contributed by atoms with Crippen molar-refractivity contribution in [1.82, 2.24) is 10.2 Å². The number of carbonyl (C=O) groups is 1. The van der Waals surface area contributed by atoms with Crippen molar-refractivity contribution in [3.8, 4) is 0 Å². The lowest BCUT2D eigenvalue weighted by Crippen LogP contribution is -1.95. The highest BCUT2D eigenvalue weighted by Gasteiger charge is 1.97. The smallest absolute Gasteiger partial charge is 0.302 e. The predicted octanol–water partition coefficient (Wildman–Crippen LogP) is 0.701. The number of aromatic nitrogens is 2. The fraction of sp³-hybridized carbons (Fsp3) is 0.375. The summed E-state index contributed by atoms with van der Waals surface area (Å²) < 4.78 is 17.5. The van der Waals surface area contributed by atoms with Crippen LogP contribution in [0.2, 0.25) is 0 Å². The van der Waals surface area contributed by atoms with Crippen molar-refractivity contribution in [2.75, 3.05) is 6.61 Å². The molecule has 8 heteroatoms. The zero-order valence-electron chi connectivity index (χ0n) is 8.89. The van der Waals surface area contributed by atoms with Crippen LogP contribution >= 0.6 is 0 Å². The van der Waals surface area contributed by atoms with Crippen LogP contribution in [0.3, 0.4) is 0 Å². The Morgan fingerprint density at radius 3 is 2.75 bits per heavy atom. The van der Waals surface area contributed by atoms with Gasteiger partial charge in [0.1, 0.15) is 5.69 Å². The lowest BCUT2D eigenvalue weighted by Gasteiger charge is -1.89. The summed E-state index contributed by atoms with van der Waals surface area (Å²) in [4.78, 5) is 9.82. The monoisotopic (exact) mass is 244 g/mol. The Bertz CT molecular complexity index is 384. The number of nitrogens with zero attached hydrogens (tertiary/aromatic N) is 2. The fourth-order valence-corrected chi connectivity index (χ4v) is 0.850. The molecule has 0 aliphatic carbocycles. The molecule has 0 bridgehead atoms. The van der Waals surface area contributed by atoms with E-state index < -0.39 is 0 Å². The Morgan fingerprint density at radius 2 is 2.44 bits per heavy atom. The zero-order chi connectivity index (χ0) is 12.4. The highest BCUT2D eigenvalue weighted by molar-refractivity contribution is 7.55. The van der Waals surface area contributed by atoms with Crippen LogP contribution in [0.1, 0.15) is 19.5 Å². The summed E-state index contributed by atoms with van der Waals surface area (Å²) in [5.41, 5.74) is 0.448. The van der Waals surface area contributed by atoms with Gasteiger partial charge in [0, 0.05) is 13.1 Å². The van der Waals surface area contributed by atoms with Gasteiger partial charge < -0.3 is 4.74 Å². The molecule has 1 heterocycles. The van der Waals surface area contributed by atoms with Gasteiger partial charge in [-0.3, -0.25) is 15.3 Å². The van der Waals surface area contributed by atoms with E-state index in [0.717, 1.165) is 0 Å². The van der Waals surface area contributed by atoms with E-state index in [0.29, 0.717) is 12.3 Å². The van der Waals surface area contributed by atoms with Gasteiger partial charge >= 0.3 is 5.97 Å². The van der Waals surface area contributed by atoms with E-state index in [2.05, 4.69) is 19.3 Å². The molecule has 0 unspecified atom stereocenters. The van der Waals surface area contributed by atoms with Crippen molar-refractivity contribution in [2.24, 2.45) is 4.36 Å². The molecular formula is C8H12N4O3S. The Hall–Kier alpha value is -1.83. The molecule has 1 aromatic rings. The number of hydrogen-bond acceptors (Lipinski definition) is 5. The van der Waals surface area contributed by atoms with Crippen LogP contribution in [0.25, 0.3) is 0 Å². The van der Waals surface area contributed by atoms with Gasteiger partial charge in [-0.25, -0.2) is 0 Å².